The van der Waals surface area contributed by atoms with Crippen molar-refractivity contribution < 1.29 is 9.59 Å². The summed E-state index contributed by atoms with van der Waals surface area (Å²) >= 11 is 0. The number of benzene rings is 1. The maximum absolute atomic E-state index is 12.5. The van der Waals surface area contributed by atoms with Gasteiger partial charge in [-0.1, -0.05) is 18.2 Å². The number of amides is 2. The van der Waals surface area contributed by atoms with Crippen LogP contribution in [-0.4, -0.2) is 85.4 Å². The standard InChI is InChI=1S/C18H26N4O2/c1-16(23)20-11-13-22(14-12-20)18(24)15-19-7-9-21(10-8-19)17-5-3-2-4-6-17/h2-6H,7-15H2,1H3. The van der Waals surface area contributed by atoms with Gasteiger partial charge in [-0.3, -0.25) is 14.5 Å². The molecule has 2 heterocycles. The fourth-order valence-corrected chi connectivity index (χ4v) is 3.37. The van der Waals surface area contributed by atoms with Gasteiger partial charge < -0.3 is 14.7 Å². The van der Waals surface area contributed by atoms with Crippen molar-refractivity contribution in [1.29, 1.82) is 0 Å². The van der Waals surface area contributed by atoms with Gasteiger partial charge in [-0.25, -0.2) is 0 Å². The molecule has 2 fully saturated rings. The van der Waals surface area contributed by atoms with Gasteiger partial charge in [-0.05, 0) is 12.1 Å². The number of hydrogen-bond acceptors (Lipinski definition) is 4. The summed E-state index contributed by atoms with van der Waals surface area (Å²) < 4.78 is 0. The van der Waals surface area contributed by atoms with E-state index >= 15 is 0 Å². The molecule has 0 aromatic heterocycles. The van der Waals surface area contributed by atoms with Crippen molar-refractivity contribution in [3.8, 4) is 0 Å². The summed E-state index contributed by atoms with van der Waals surface area (Å²) in [5.41, 5.74) is 1.25. The summed E-state index contributed by atoms with van der Waals surface area (Å²) in [6.07, 6.45) is 0. The molecule has 2 aliphatic heterocycles. The van der Waals surface area contributed by atoms with E-state index in [9.17, 15) is 9.59 Å². The Labute approximate surface area is 143 Å². The highest BCUT2D eigenvalue weighted by molar-refractivity contribution is 5.79. The van der Waals surface area contributed by atoms with Crippen LogP contribution in [0.15, 0.2) is 30.3 Å². The topological polar surface area (TPSA) is 47.1 Å². The molecule has 1 aromatic rings. The fourth-order valence-electron chi connectivity index (χ4n) is 3.37. The summed E-state index contributed by atoms with van der Waals surface area (Å²) in [5.74, 6) is 0.283. The van der Waals surface area contributed by atoms with E-state index in [1.807, 2.05) is 15.9 Å². The maximum Gasteiger partial charge on any atom is 0.236 e. The van der Waals surface area contributed by atoms with Crippen LogP contribution in [0.25, 0.3) is 0 Å². The number of rotatable bonds is 3. The van der Waals surface area contributed by atoms with E-state index in [2.05, 4.69) is 34.1 Å². The largest absolute Gasteiger partial charge is 0.369 e. The molecule has 2 amide bonds. The van der Waals surface area contributed by atoms with E-state index in [0.717, 1.165) is 26.2 Å². The third-order valence-electron chi connectivity index (χ3n) is 4.93. The predicted molar refractivity (Wildman–Crippen MR) is 93.9 cm³/mol. The smallest absolute Gasteiger partial charge is 0.236 e. The Kier molecular flexibility index (Phi) is 5.35. The molecule has 2 saturated heterocycles. The zero-order chi connectivity index (χ0) is 16.9. The van der Waals surface area contributed by atoms with Crippen LogP contribution in [0, 0.1) is 0 Å². The van der Waals surface area contributed by atoms with Crippen LogP contribution in [0.5, 0.6) is 0 Å². The lowest BCUT2D eigenvalue weighted by Crippen LogP contribution is -2.54. The minimum absolute atomic E-state index is 0.0964. The van der Waals surface area contributed by atoms with Crippen molar-refractivity contribution in [2.75, 3.05) is 63.8 Å². The second-order valence-corrected chi connectivity index (χ2v) is 6.49. The van der Waals surface area contributed by atoms with E-state index in [1.54, 1.807) is 6.92 Å². The number of carbonyl (C=O) groups is 2. The number of anilines is 1. The van der Waals surface area contributed by atoms with Gasteiger partial charge in [0.1, 0.15) is 0 Å². The molecule has 0 spiro atoms. The molecule has 130 valence electrons. The molecular formula is C18H26N4O2. The van der Waals surface area contributed by atoms with Gasteiger partial charge in [0, 0.05) is 65.0 Å². The average Bonchev–Trinajstić information content (AvgIpc) is 2.63. The summed E-state index contributed by atoms with van der Waals surface area (Å²) in [7, 11) is 0. The Bertz CT molecular complexity index is 562. The highest BCUT2D eigenvalue weighted by atomic mass is 16.2. The molecular weight excluding hydrogens is 304 g/mol. The van der Waals surface area contributed by atoms with Crippen LogP contribution in [0.2, 0.25) is 0 Å². The van der Waals surface area contributed by atoms with E-state index in [4.69, 9.17) is 0 Å². The van der Waals surface area contributed by atoms with Crippen LogP contribution in [0.4, 0.5) is 5.69 Å². The molecule has 3 rings (SSSR count). The first kappa shape index (κ1) is 16.8. The van der Waals surface area contributed by atoms with Crippen molar-refractivity contribution in [2.24, 2.45) is 0 Å². The van der Waals surface area contributed by atoms with Gasteiger partial charge in [0.25, 0.3) is 0 Å². The van der Waals surface area contributed by atoms with E-state index < -0.39 is 0 Å². The van der Waals surface area contributed by atoms with Crippen molar-refractivity contribution >= 4 is 17.5 Å². The summed E-state index contributed by atoms with van der Waals surface area (Å²) in [5, 5.41) is 0. The summed E-state index contributed by atoms with van der Waals surface area (Å²) in [6.45, 7) is 8.43. The summed E-state index contributed by atoms with van der Waals surface area (Å²) in [4.78, 5) is 32.1. The Morgan fingerprint density at radius 1 is 0.833 bits per heavy atom. The second-order valence-electron chi connectivity index (χ2n) is 6.49. The molecule has 24 heavy (non-hydrogen) atoms. The Morgan fingerprint density at radius 2 is 1.42 bits per heavy atom. The van der Waals surface area contributed by atoms with Crippen LogP contribution in [0.1, 0.15) is 6.92 Å². The number of hydrogen-bond donors (Lipinski definition) is 0. The zero-order valence-corrected chi connectivity index (χ0v) is 14.4. The maximum atomic E-state index is 12.5. The fraction of sp³-hybridized carbons (Fsp3) is 0.556. The molecule has 6 heteroatoms. The highest BCUT2D eigenvalue weighted by Crippen LogP contribution is 2.15. The molecule has 0 N–H and O–H groups in total. The number of para-hydroxylation sites is 1. The average molecular weight is 330 g/mol. The number of carbonyl (C=O) groups excluding carboxylic acids is 2. The SMILES string of the molecule is CC(=O)N1CCN(C(=O)CN2CCN(c3ccccc3)CC2)CC1. The van der Waals surface area contributed by atoms with Gasteiger partial charge in [-0.15, -0.1) is 0 Å². The van der Waals surface area contributed by atoms with Gasteiger partial charge in [0.05, 0.1) is 6.54 Å². The molecule has 2 aliphatic rings. The molecule has 6 nitrogen and oxygen atoms in total. The quantitative estimate of drug-likeness (QED) is 0.810. The monoisotopic (exact) mass is 330 g/mol. The molecule has 0 saturated carbocycles. The van der Waals surface area contributed by atoms with Crippen LogP contribution < -0.4 is 4.90 Å². The first-order valence-corrected chi connectivity index (χ1v) is 8.69. The minimum Gasteiger partial charge on any atom is -0.369 e. The molecule has 0 aliphatic carbocycles. The van der Waals surface area contributed by atoms with Crippen molar-refractivity contribution in [3.05, 3.63) is 30.3 Å². The van der Waals surface area contributed by atoms with E-state index in [-0.39, 0.29) is 11.8 Å². The van der Waals surface area contributed by atoms with Crippen LogP contribution in [-0.2, 0) is 9.59 Å². The zero-order valence-electron chi connectivity index (χ0n) is 14.4. The van der Waals surface area contributed by atoms with Gasteiger partial charge in [-0.2, -0.15) is 0 Å². The normalized spacial score (nSPS) is 19.5. The molecule has 0 unspecified atom stereocenters. The van der Waals surface area contributed by atoms with Crippen molar-refractivity contribution in [2.45, 2.75) is 6.92 Å². The van der Waals surface area contributed by atoms with E-state index in [1.165, 1.54) is 5.69 Å². The van der Waals surface area contributed by atoms with E-state index in [0.29, 0.717) is 32.7 Å². The number of nitrogens with zero attached hydrogens (tertiary/aromatic N) is 4. The van der Waals surface area contributed by atoms with Crippen LogP contribution in [0.3, 0.4) is 0 Å². The lowest BCUT2D eigenvalue weighted by Gasteiger charge is -2.38. The lowest BCUT2D eigenvalue weighted by molar-refractivity contribution is -0.139. The Morgan fingerprint density at radius 3 is 2.00 bits per heavy atom. The third kappa shape index (κ3) is 4.06. The molecule has 0 bridgehead atoms. The Hall–Kier alpha value is -2.08. The summed E-state index contributed by atoms with van der Waals surface area (Å²) in [6, 6.07) is 10.4. The molecule has 0 radical (unpaired) electrons. The first-order chi connectivity index (χ1) is 11.6. The Balaban J connectivity index is 1.43. The second kappa shape index (κ2) is 7.66. The third-order valence-corrected chi connectivity index (χ3v) is 4.93. The van der Waals surface area contributed by atoms with Crippen LogP contribution >= 0.6 is 0 Å². The first-order valence-electron chi connectivity index (χ1n) is 8.69. The molecule has 0 atom stereocenters. The minimum atomic E-state index is 0.0964. The van der Waals surface area contributed by atoms with Gasteiger partial charge in [0.2, 0.25) is 11.8 Å². The van der Waals surface area contributed by atoms with Crippen molar-refractivity contribution in [1.82, 2.24) is 14.7 Å². The van der Waals surface area contributed by atoms with Gasteiger partial charge >= 0.3 is 0 Å². The van der Waals surface area contributed by atoms with Gasteiger partial charge in [0.15, 0.2) is 0 Å². The highest BCUT2D eigenvalue weighted by Gasteiger charge is 2.25. The lowest BCUT2D eigenvalue weighted by atomic mass is 10.2. The number of piperazine rings is 2. The van der Waals surface area contributed by atoms with Crippen molar-refractivity contribution in [3.63, 3.8) is 0 Å². The molecule has 1 aromatic carbocycles. The predicted octanol–water partition coefficient (Wildman–Crippen LogP) is 0.499.